The third-order valence-corrected chi connectivity index (χ3v) is 3.85. The van der Waals surface area contributed by atoms with Crippen LogP contribution in [0.4, 0.5) is 5.69 Å². The largest absolute Gasteiger partial charge is 0.371 e. The molecule has 0 radical (unpaired) electrons. The van der Waals surface area contributed by atoms with E-state index in [1.54, 1.807) is 0 Å². The molecular formula is C15H23BrN2. The summed E-state index contributed by atoms with van der Waals surface area (Å²) in [4.78, 5) is 2.51. The van der Waals surface area contributed by atoms with Crippen LogP contribution in [-0.2, 0) is 6.54 Å². The van der Waals surface area contributed by atoms with E-state index in [4.69, 9.17) is 0 Å². The minimum atomic E-state index is 0.701. The van der Waals surface area contributed by atoms with Crippen LogP contribution in [0.15, 0.2) is 22.7 Å². The topological polar surface area (TPSA) is 15.3 Å². The van der Waals surface area contributed by atoms with Gasteiger partial charge in [0.05, 0.1) is 0 Å². The van der Waals surface area contributed by atoms with Crippen LogP contribution in [0.2, 0.25) is 0 Å². The third-order valence-electron chi connectivity index (χ3n) is 3.36. The first-order valence-electron chi connectivity index (χ1n) is 6.91. The first kappa shape index (κ1) is 13.9. The molecule has 1 aromatic carbocycles. The van der Waals surface area contributed by atoms with E-state index in [1.807, 2.05) is 0 Å². The average molecular weight is 311 g/mol. The molecule has 0 saturated carbocycles. The predicted octanol–water partition coefficient (Wildman–Crippen LogP) is 3.79. The summed E-state index contributed by atoms with van der Waals surface area (Å²) in [6.45, 7) is 8.94. The van der Waals surface area contributed by atoms with E-state index >= 15 is 0 Å². The summed E-state index contributed by atoms with van der Waals surface area (Å²) in [6.07, 6.45) is 2.66. The molecule has 2 nitrogen and oxygen atoms in total. The molecule has 1 aliphatic heterocycles. The number of benzene rings is 1. The first-order valence-corrected chi connectivity index (χ1v) is 7.70. The number of hydrogen-bond acceptors (Lipinski definition) is 2. The zero-order valence-electron chi connectivity index (χ0n) is 11.4. The van der Waals surface area contributed by atoms with Gasteiger partial charge in [0.15, 0.2) is 0 Å². The summed E-state index contributed by atoms with van der Waals surface area (Å²) in [5.74, 6) is 0.701. The van der Waals surface area contributed by atoms with E-state index in [9.17, 15) is 0 Å². The van der Waals surface area contributed by atoms with Crippen LogP contribution in [0.3, 0.4) is 0 Å². The molecule has 1 heterocycles. The zero-order valence-corrected chi connectivity index (χ0v) is 13.0. The molecule has 18 heavy (non-hydrogen) atoms. The van der Waals surface area contributed by atoms with Crippen molar-refractivity contribution in [3.05, 3.63) is 28.2 Å². The van der Waals surface area contributed by atoms with E-state index in [0.29, 0.717) is 5.92 Å². The van der Waals surface area contributed by atoms with Gasteiger partial charge in [0.25, 0.3) is 0 Å². The van der Waals surface area contributed by atoms with Crippen LogP contribution in [0, 0.1) is 5.92 Å². The highest BCUT2D eigenvalue weighted by Gasteiger charge is 2.15. The summed E-state index contributed by atoms with van der Waals surface area (Å²) in [6, 6.07) is 6.66. The molecule has 1 aliphatic rings. The lowest BCUT2D eigenvalue weighted by Crippen LogP contribution is -2.23. The van der Waals surface area contributed by atoms with Gasteiger partial charge in [-0.05, 0) is 49.1 Å². The Morgan fingerprint density at radius 3 is 2.67 bits per heavy atom. The van der Waals surface area contributed by atoms with Gasteiger partial charge in [-0.25, -0.2) is 0 Å². The Bertz CT molecular complexity index is 384. The van der Waals surface area contributed by atoms with Crippen molar-refractivity contribution in [2.24, 2.45) is 5.92 Å². The molecule has 0 unspecified atom stereocenters. The summed E-state index contributed by atoms with van der Waals surface area (Å²) in [5.41, 5.74) is 2.82. The minimum absolute atomic E-state index is 0.701. The van der Waals surface area contributed by atoms with Crippen molar-refractivity contribution in [1.82, 2.24) is 5.32 Å². The van der Waals surface area contributed by atoms with Crippen LogP contribution >= 0.6 is 15.9 Å². The Labute approximate surface area is 119 Å². The highest BCUT2D eigenvalue weighted by Crippen LogP contribution is 2.27. The molecule has 0 bridgehead atoms. The van der Waals surface area contributed by atoms with Crippen molar-refractivity contribution in [3.8, 4) is 0 Å². The van der Waals surface area contributed by atoms with E-state index in [0.717, 1.165) is 13.1 Å². The Kier molecular flexibility index (Phi) is 5.07. The van der Waals surface area contributed by atoms with Crippen molar-refractivity contribution < 1.29 is 0 Å². The molecule has 100 valence electrons. The summed E-state index contributed by atoms with van der Waals surface area (Å²) < 4.78 is 1.17. The number of nitrogens with one attached hydrogen (secondary N) is 1. The monoisotopic (exact) mass is 310 g/mol. The van der Waals surface area contributed by atoms with Gasteiger partial charge in [-0.3, -0.25) is 0 Å². The number of anilines is 1. The van der Waals surface area contributed by atoms with Crippen LogP contribution in [-0.4, -0.2) is 19.6 Å². The van der Waals surface area contributed by atoms with Crippen molar-refractivity contribution in [2.45, 2.75) is 33.2 Å². The lowest BCUT2D eigenvalue weighted by atomic mass is 10.1. The summed E-state index contributed by atoms with van der Waals surface area (Å²) in [7, 11) is 0. The highest BCUT2D eigenvalue weighted by molar-refractivity contribution is 9.10. The number of hydrogen-bond donors (Lipinski definition) is 1. The lowest BCUT2D eigenvalue weighted by molar-refractivity contribution is 0.552. The molecule has 1 fully saturated rings. The molecule has 0 spiro atoms. The quantitative estimate of drug-likeness (QED) is 0.890. The second kappa shape index (κ2) is 6.58. The fourth-order valence-corrected chi connectivity index (χ4v) is 2.87. The first-order chi connectivity index (χ1) is 8.66. The van der Waals surface area contributed by atoms with Crippen LogP contribution in [0.25, 0.3) is 0 Å². The lowest BCUT2D eigenvalue weighted by Gasteiger charge is -2.22. The molecule has 0 atom stereocenters. The number of halogens is 1. The third kappa shape index (κ3) is 3.72. The molecular weight excluding hydrogens is 288 g/mol. The van der Waals surface area contributed by atoms with Crippen LogP contribution in [0.5, 0.6) is 0 Å². The number of rotatable bonds is 5. The van der Waals surface area contributed by atoms with Crippen molar-refractivity contribution in [3.63, 3.8) is 0 Å². The van der Waals surface area contributed by atoms with Gasteiger partial charge in [-0.1, -0.05) is 29.8 Å². The molecule has 1 saturated heterocycles. The van der Waals surface area contributed by atoms with Crippen molar-refractivity contribution >= 4 is 21.6 Å². The molecule has 1 aromatic rings. The Morgan fingerprint density at radius 1 is 1.28 bits per heavy atom. The predicted molar refractivity (Wildman–Crippen MR) is 82.1 cm³/mol. The molecule has 0 aromatic heterocycles. The second-order valence-electron chi connectivity index (χ2n) is 5.49. The summed E-state index contributed by atoms with van der Waals surface area (Å²) >= 11 is 3.58. The molecule has 0 aliphatic carbocycles. The van der Waals surface area contributed by atoms with Gasteiger partial charge < -0.3 is 10.2 Å². The Morgan fingerprint density at radius 2 is 2.00 bits per heavy atom. The van der Waals surface area contributed by atoms with Gasteiger partial charge in [-0.2, -0.15) is 0 Å². The fourth-order valence-electron chi connectivity index (χ4n) is 2.46. The van der Waals surface area contributed by atoms with E-state index in [2.05, 4.69) is 58.2 Å². The van der Waals surface area contributed by atoms with Crippen LogP contribution < -0.4 is 10.2 Å². The zero-order chi connectivity index (χ0) is 13.0. The van der Waals surface area contributed by atoms with Crippen molar-refractivity contribution in [2.75, 3.05) is 24.5 Å². The molecule has 2 rings (SSSR count). The Hall–Kier alpha value is -0.540. The van der Waals surface area contributed by atoms with Gasteiger partial charge in [0.2, 0.25) is 0 Å². The SMILES string of the molecule is CC(C)CNCc1cc(Br)ccc1N1CCCC1. The van der Waals surface area contributed by atoms with E-state index in [-0.39, 0.29) is 0 Å². The average Bonchev–Trinajstić information content (AvgIpc) is 2.82. The van der Waals surface area contributed by atoms with Gasteiger partial charge in [0, 0.05) is 29.8 Å². The highest BCUT2D eigenvalue weighted by atomic mass is 79.9. The maximum Gasteiger partial charge on any atom is 0.0412 e. The van der Waals surface area contributed by atoms with Crippen molar-refractivity contribution in [1.29, 1.82) is 0 Å². The minimum Gasteiger partial charge on any atom is -0.371 e. The van der Waals surface area contributed by atoms with Gasteiger partial charge >= 0.3 is 0 Å². The van der Waals surface area contributed by atoms with E-state index < -0.39 is 0 Å². The van der Waals surface area contributed by atoms with Gasteiger partial charge in [0.1, 0.15) is 0 Å². The van der Waals surface area contributed by atoms with E-state index in [1.165, 1.54) is 41.7 Å². The molecule has 3 heteroatoms. The number of nitrogens with zero attached hydrogens (tertiary/aromatic N) is 1. The smallest absolute Gasteiger partial charge is 0.0412 e. The maximum atomic E-state index is 3.58. The standard InChI is InChI=1S/C15H23BrN2/c1-12(2)10-17-11-13-9-14(16)5-6-15(13)18-7-3-4-8-18/h5-6,9,12,17H,3-4,7-8,10-11H2,1-2H3. The normalized spacial score (nSPS) is 15.7. The Balaban J connectivity index is 2.07. The van der Waals surface area contributed by atoms with Gasteiger partial charge in [-0.15, -0.1) is 0 Å². The maximum absolute atomic E-state index is 3.58. The second-order valence-corrected chi connectivity index (χ2v) is 6.41. The fraction of sp³-hybridized carbons (Fsp3) is 0.600. The molecule has 1 N–H and O–H groups in total. The summed E-state index contributed by atoms with van der Waals surface area (Å²) in [5, 5.41) is 3.54. The van der Waals surface area contributed by atoms with Crippen LogP contribution in [0.1, 0.15) is 32.3 Å². The molecule has 0 amide bonds.